The van der Waals surface area contributed by atoms with Crippen LogP contribution in [0.1, 0.15) is 22.3 Å². The molecule has 0 saturated carbocycles. The number of esters is 1. The van der Waals surface area contributed by atoms with Gasteiger partial charge in [-0.1, -0.05) is 27.1 Å². The first kappa shape index (κ1) is 9.85. The van der Waals surface area contributed by atoms with E-state index < -0.39 is 0 Å². The van der Waals surface area contributed by atoms with Crippen molar-refractivity contribution in [3.05, 3.63) is 10.6 Å². The van der Waals surface area contributed by atoms with Crippen LogP contribution in [0.2, 0.25) is 0 Å². The topological polar surface area (TPSA) is 52.1 Å². The third-order valence-corrected chi connectivity index (χ3v) is 2.61. The van der Waals surface area contributed by atoms with Gasteiger partial charge in [-0.2, -0.15) is 0 Å². The summed E-state index contributed by atoms with van der Waals surface area (Å²) in [5.41, 5.74) is 0.707. The van der Waals surface area contributed by atoms with Crippen molar-refractivity contribution < 1.29 is 9.53 Å². The number of carbonyl (C=O) groups excluding carboxylic acids is 1. The normalized spacial score (nSPS) is 9.83. The summed E-state index contributed by atoms with van der Waals surface area (Å²) >= 11 is 3.22. The number of halogens is 1. The Hall–Kier alpha value is -0.240. The van der Waals surface area contributed by atoms with Gasteiger partial charge in [0.2, 0.25) is 0 Å². The molecule has 0 fully saturated rings. The molecular weight excluding hydrogens is 291 g/mol. The fourth-order valence-electron chi connectivity index (χ4n) is 0.648. The quantitative estimate of drug-likeness (QED) is 0.484. The van der Waals surface area contributed by atoms with Gasteiger partial charge in [0.15, 0.2) is 4.88 Å². The van der Waals surface area contributed by atoms with Crippen LogP contribution in [0.4, 0.5) is 0 Å². The SMILES string of the molecule is CCOC(=O)c1snnc1CI. The maximum Gasteiger partial charge on any atom is 0.351 e. The second kappa shape index (κ2) is 4.70. The van der Waals surface area contributed by atoms with Crippen molar-refractivity contribution in [2.75, 3.05) is 6.61 Å². The van der Waals surface area contributed by atoms with Crippen molar-refractivity contribution in [2.45, 2.75) is 11.4 Å². The molecule has 0 bridgehead atoms. The number of aromatic nitrogens is 2. The molecular formula is C6H7IN2O2S. The summed E-state index contributed by atoms with van der Waals surface area (Å²) in [5, 5.41) is 3.80. The van der Waals surface area contributed by atoms with E-state index in [2.05, 4.69) is 32.2 Å². The highest BCUT2D eigenvalue weighted by molar-refractivity contribution is 14.1. The van der Waals surface area contributed by atoms with Crippen molar-refractivity contribution in [3.63, 3.8) is 0 Å². The van der Waals surface area contributed by atoms with E-state index in [0.717, 1.165) is 11.5 Å². The largest absolute Gasteiger partial charge is 0.462 e. The summed E-state index contributed by atoms with van der Waals surface area (Å²) in [4.78, 5) is 11.7. The average molecular weight is 298 g/mol. The second-order valence-electron chi connectivity index (χ2n) is 1.90. The summed E-state index contributed by atoms with van der Waals surface area (Å²) in [5.74, 6) is -0.320. The van der Waals surface area contributed by atoms with Gasteiger partial charge in [-0.25, -0.2) is 4.79 Å². The van der Waals surface area contributed by atoms with Crippen LogP contribution in [-0.4, -0.2) is 22.2 Å². The van der Waals surface area contributed by atoms with Gasteiger partial charge in [0.05, 0.1) is 12.3 Å². The zero-order valence-electron chi connectivity index (χ0n) is 6.41. The van der Waals surface area contributed by atoms with E-state index >= 15 is 0 Å². The summed E-state index contributed by atoms with van der Waals surface area (Å²) in [6, 6.07) is 0. The van der Waals surface area contributed by atoms with Crippen LogP contribution < -0.4 is 0 Å². The van der Waals surface area contributed by atoms with Crippen LogP contribution in [-0.2, 0) is 9.16 Å². The Morgan fingerprint density at radius 3 is 3.08 bits per heavy atom. The molecule has 12 heavy (non-hydrogen) atoms. The molecule has 1 rings (SSSR count). The lowest BCUT2D eigenvalue weighted by Crippen LogP contribution is -2.04. The Morgan fingerprint density at radius 1 is 1.75 bits per heavy atom. The van der Waals surface area contributed by atoms with E-state index in [1.165, 1.54) is 0 Å². The van der Waals surface area contributed by atoms with E-state index in [0.29, 0.717) is 21.6 Å². The van der Waals surface area contributed by atoms with Crippen LogP contribution in [0.15, 0.2) is 0 Å². The number of hydrogen-bond donors (Lipinski definition) is 0. The third kappa shape index (κ3) is 2.13. The first-order valence-electron chi connectivity index (χ1n) is 3.34. The number of alkyl halides is 1. The van der Waals surface area contributed by atoms with E-state index in [-0.39, 0.29) is 5.97 Å². The Bertz CT molecular complexity index is 276. The Labute approximate surface area is 87.6 Å². The van der Waals surface area contributed by atoms with Crippen molar-refractivity contribution >= 4 is 40.1 Å². The number of ether oxygens (including phenoxy) is 1. The van der Waals surface area contributed by atoms with Crippen LogP contribution in [0.5, 0.6) is 0 Å². The molecule has 0 aliphatic carbocycles. The summed E-state index contributed by atoms with van der Waals surface area (Å²) in [6.45, 7) is 2.16. The smallest absolute Gasteiger partial charge is 0.351 e. The molecule has 0 atom stereocenters. The molecule has 0 saturated heterocycles. The van der Waals surface area contributed by atoms with Gasteiger partial charge in [-0.3, -0.25) is 0 Å². The predicted molar refractivity (Wildman–Crippen MR) is 53.6 cm³/mol. The van der Waals surface area contributed by atoms with E-state index in [4.69, 9.17) is 4.74 Å². The predicted octanol–water partition coefficient (Wildman–Crippen LogP) is 1.65. The maximum absolute atomic E-state index is 11.2. The van der Waals surface area contributed by atoms with Crippen molar-refractivity contribution in [2.24, 2.45) is 0 Å². The average Bonchev–Trinajstić information content (AvgIpc) is 2.51. The zero-order valence-corrected chi connectivity index (χ0v) is 9.39. The Balaban J connectivity index is 2.79. The molecule has 0 amide bonds. The Kier molecular flexibility index (Phi) is 3.86. The molecule has 66 valence electrons. The minimum atomic E-state index is -0.320. The fourth-order valence-corrected chi connectivity index (χ4v) is 2.01. The first-order valence-corrected chi connectivity index (χ1v) is 5.63. The molecule has 1 aromatic rings. The number of nitrogens with zero attached hydrogens (tertiary/aromatic N) is 2. The van der Waals surface area contributed by atoms with Crippen molar-refractivity contribution in [1.29, 1.82) is 0 Å². The van der Waals surface area contributed by atoms with Gasteiger partial charge < -0.3 is 4.74 Å². The number of hydrogen-bond acceptors (Lipinski definition) is 5. The van der Waals surface area contributed by atoms with Gasteiger partial charge in [0.25, 0.3) is 0 Å². The van der Waals surface area contributed by atoms with Crippen LogP contribution >= 0.6 is 34.1 Å². The van der Waals surface area contributed by atoms with Crippen LogP contribution in [0.25, 0.3) is 0 Å². The third-order valence-electron chi connectivity index (χ3n) is 1.14. The lowest BCUT2D eigenvalue weighted by molar-refractivity contribution is 0.0531. The summed E-state index contributed by atoms with van der Waals surface area (Å²) in [6.07, 6.45) is 0. The van der Waals surface area contributed by atoms with Gasteiger partial charge in [0, 0.05) is 4.43 Å². The molecule has 4 nitrogen and oxygen atoms in total. The molecule has 0 N–H and O–H groups in total. The van der Waals surface area contributed by atoms with Crippen molar-refractivity contribution in [3.8, 4) is 0 Å². The van der Waals surface area contributed by atoms with Crippen molar-refractivity contribution in [1.82, 2.24) is 9.59 Å². The zero-order chi connectivity index (χ0) is 8.97. The fraction of sp³-hybridized carbons (Fsp3) is 0.500. The highest BCUT2D eigenvalue weighted by atomic mass is 127. The number of rotatable bonds is 3. The molecule has 0 radical (unpaired) electrons. The number of carbonyl (C=O) groups is 1. The molecule has 0 aliphatic heterocycles. The van der Waals surface area contributed by atoms with Crippen LogP contribution in [0, 0.1) is 0 Å². The molecule has 1 heterocycles. The molecule has 1 aromatic heterocycles. The lowest BCUT2D eigenvalue weighted by atomic mass is 10.4. The van der Waals surface area contributed by atoms with Gasteiger partial charge in [0.1, 0.15) is 0 Å². The highest BCUT2D eigenvalue weighted by Gasteiger charge is 2.15. The molecule has 6 heteroatoms. The summed E-state index contributed by atoms with van der Waals surface area (Å²) < 4.78 is 9.18. The molecule has 0 aromatic carbocycles. The van der Waals surface area contributed by atoms with E-state index in [9.17, 15) is 4.79 Å². The Morgan fingerprint density at radius 2 is 2.50 bits per heavy atom. The summed E-state index contributed by atoms with van der Waals surface area (Å²) in [7, 11) is 0. The standard InChI is InChI=1S/C6H7IN2O2S/c1-2-11-6(10)5-4(3-7)8-9-12-5/h2-3H2,1H3. The maximum atomic E-state index is 11.2. The lowest BCUT2D eigenvalue weighted by Gasteiger charge is -1.97. The highest BCUT2D eigenvalue weighted by Crippen LogP contribution is 2.14. The molecule has 0 spiro atoms. The monoisotopic (exact) mass is 298 g/mol. The first-order chi connectivity index (χ1) is 5.79. The van der Waals surface area contributed by atoms with Gasteiger partial charge >= 0.3 is 5.97 Å². The molecule has 0 aliphatic rings. The minimum Gasteiger partial charge on any atom is -0.462 e. The molecule has 0 unspecified atom stereocenters. The van der Waals surface area contributed by atoms with Crippen LogP contribution in [0.3, 0.4) is 0 Å². The van der Waals surface area contributed by atoms with Gasteiger partial charge in [-0.15, -0.1) is 5.10 Å². The second-order valence-corrected chi connectivity index (χ2v) is 3.42. The van der Waals surface area contributed by atoms with Gasteiger partial charge in [-0.05, 0) is 18.5 Å². The minimum absolute atomic E-state index is 0.320. The van der Waals surface area contributed by atoms with E-state index in [1.54, 1.807) is 6.92 Å². The van der Waals surface area contributed by atoms with E-state index in [1.807, 2.05) is 0 Å².